The van der Waals surface area contributed by atoms with Crippen LogP contribution < -0.4 is 4.90 Å². The minimum absolute atomic E-state index is 0.112. The summed E-state index contributed by atoms with van der Waals surface area (Å²) in [6.07, 6.45) is 1.11. The molecule has 0 aliphatic carbocycles. The summed E-state index contributed by atoms with van der Waals surface area (Å²) in [7, 11) is 1.67. The fourth-order valence-electron chi connectivity index (χ4n) is 5.64. The summed E-state index contributed by atoms with van der Waals surface area (Å²) < 4.78 is 36.0. The first-order valence-electron chi connectivity index (χ1n) is 14.7. The number of nitrogens with zero attached hydrogens (tertiary/aromatic N) is 4. The number of hydrogen-bond donors (Lipinski definition) is 1. The van der Waals surface area contributed by atoms with Crippen molar-refractivity contribution in [2.75, 3.05) is 38.1 Å². The largest absolute Gasteiger partial charge is 0.444 e. The topological polar surface area (TPSA) is 97.1 Å². The maximum atomic E-state index is 15.7. The van der Waals surface area contributed by atoms with Gasteiger partial charge in [0.05, 0.1) is 22.6 Å². The number of likely N-dealkylation sites (N-methyl/N-ethyl adjacent to an activating group) is 1. The van der Waals surface area contributed by atoms with Crippen LogP contribution in [0.4, 0.5) is 19.3 Å². The average molecular weight is 623 g/mol. The standard InChI is InChI=1S/C33H36F2N4O4S/c1-33(2,3)43-32(42)37(4)23-6-5-12-39(18-23)31(41)29-16-26(20-7-8-21(17-36)27(34)14-20)30(44-29)25-10-9-22(15-28(25)35)38-13-11-24(40)19-38/h7-10,14-16,23-24,40H,5-6,11-13,18-19H2,1-4H3/t23-,24+/m1/s1. The zero-order valence-electron chi connectivity index (χ0n) is 25.3. The molecule has 0 saturated carbocycles. The Bertz CT molecular complexity index is 1610. The number of amides is 2. The monoisotopic (exact) mass is 622 g/mol. The summed E-state index contributed by atoms with van der Waals surface area (Å²) in [5.41, 5.74) is 1.05. The van der Waals surface area contributed by atoms with Crippen molar-refractivity contribution in [2.24, 2.45) is 0 Å². The van der Waals surface area contributed by atoms with Crippen LogP contribution in [-0.2, 0) is 4.74 Å². The van der Waals surface area contributed by atoms with Crippen molar-refractivity contribution in [3.05, 3.63) is 64.5 Å². The number of aliphatic hydroxyl groups excluding tert-OH is 1. The van der Waals surface area contributed by atoms with Crippen LogP contribution >= 0.6 is 11.3 Å². The van der Waals surface area contributed by atoms with Gasteiger partial charge in [0.25, 0.3) is 5.91 Å². The van der Waals surface area contributed by atoms with Crippen LogP contribution in [0.15, 0.2) is 42.5 Å². The van der Waals surface area contributed by atoms with E-state index in [1.165, 1.54) is 23.1 Å². The minimum Gasteiger partial charge on any atom is -0.444 e. The Morgan fingerprint density at radius 2 is 1.82 bits per heavy atom. The normalized spacial score (nSPS) is 18.7. The van der Waals surface area contributed by atoms with Gasteiger partial charge in [0, 0.05) is 54.9 Å². The second-order valence-corrected chi connectivity index (χ2v) is 13.4. The van der Waals surface area contributed by atoms with Gasteiger partial charge >= 0.3 is 6.09 Å². The quantitative estimate of drug-likeness (QED) is 0.360. The highest BCUT2D eigenvalue weighted by atomic mass is 32.1. The first-order valence-corrected chi connectivity index (χ1v) is 15.5. The van der Waals surface area contributed by atoms with Gasteiger partial charge in [-0.05, 0) is 82.0 Å². The highest BCUT2D eigenvalue weighted by molar-refractivity contribution is 7.18. The third kappa shape index (κ3) is 6.71. The van der Waals surface area contributed by atoms with Gasteiger partial charge in [0.2, 0.25) is 0 Å². The van der Waals surface area contributed by atoms with Crippen molar-refractivity contribution in [3.63, 3.8) is 0 Å². The molecule has 1 N–H and O–H groups in total. The molecule has 0 unspecified atom stereocenters. The number of anilines is 1. The summed E-state index contributed by atoms with van der Waals surface area (Å²) >= 11 is 1.12. The van der Waals surface area contributed by atoms with Crippen LogP contribution in [0.2, 0.25) is 0 Å². The van der Waals surface area contributed by atoms with Crippen molar-refractivity contribution in [3.8, 4) is 27.6 Å². The predicted molar refractivity (Wildman–Crippen MR) is 166 cm³/mol. The molecule has 2 amide bonds. The Labute approximate surface area is 260 Å². The van der Waals surface area contributed by atoms with E-state index in [1.54, 1.807) is 57.0 Å². The van der Waals surface area contributed by atoms with Gasteiger partial charge in [-0.2, -0.15) is 5.26 Å². The van der Waals surface area contributed by atoms with Gasteiger partial charge in [0.1, 0.15) is 23.3 Å². The van der Waals surface area contributed by atoms with Gasteiger partial charge in [-0.3, -0.25) is 4.79 Å². The lowest BCUT2D eigenvalue weighted by molar-refractivity contribution is 0.0132. The van der Waals surface area contributed by atoms with Gasteiger partial charge in [-0.15, -0.1) is 11.3 Å². The number of hydrogen-bond acceptors (Lipinski definition) is 7. The molecule has 232 valence electrons. The van der Waals surface area contributed by atoms with Crippen LogP contribution in [0.5, 0.6) is 0 Å². The molecule has 44 heavy (non-hydrogen) atoms. The van der Waals surface area contributed by atoms with Crippen molar-refractivity contribution in [2.45, 2.75) is 57.8 Å². The lowest BCUT2D eigenvalue weighted by Gasteiger charge is -2.38. The van der Waals surface area contributed by atoms with Crippen LogP contribution in [-0.4, -0.2) is 77.9 Å². The van der Waals surface area contributed by atoms with E-state index in [0.29, 0.717) is 65.6 Å². The molecule has 0 radical (unpaired) electrons. The van der Waals surface area contributed by atoms with Crippen molar-refractivity contribution in [1.29, 1.82) is 5.26 Å². The van der Waals surface area contributed by atoms with Crippen LogP contribution in [0.25, 0.3) is 21.6 Å². The number of carbonyl (C=O) groups is 2. The van der Waals surface area contributed by atoms with Crippen LogP contribution in [0, 0.1) is 23.0 Å². The number of halogens is 2. The van der Waals surface area contributed by atoms with E-state index in [2.05, 4.69) is 0 Å². The zero-order valence-corrected chi connectivity index (χ0v) is 26.1. The van der Waals surface area contributed by atoms with E-state index in [0.717, 1.165) is 17.8 Å². The molecule has 2 aromatic carbocycles. The molecule has 0 spiro atoms. The lowest BCUT2D eigenvalue weighted by atomic mass is 10.00. The second kappa shape index (κ2) is 12.5. The molecule has 2 atom stereocenters. The molecular formula is C33H36F2N4O4S. The van der Waals surface area contributed by atoms with Gasteiger partial charge < -0.3 is 24.5 Å². The fraction of sp³-hybridized carbons (Fsp3) is 0.424. The van der Waals surface area contributed by atoms with Gasteiger partial charge in [-0.25, -0.2) is 13.6 Å². The Balaban J connectivity index is 1.47. The molecule has 2 aliphatic heterocycles. The van der Waals surface area contributed by atoms with E-state index in [1.807, 2.05) is 11.0 Å². The van der Waals surface area contributed by atoms with E-state index >= 15 is 4.39 Å². The molecule has 5 rings (SSSR count). The molecule has 2 saturated heterocycles. The first-order chi connectivity index (χ1) is 20.8. The number of likely N-dealkylation sites (tertiary alicyclic amines) is 1. The summed E-state index contributed by atoms with van der Waals surface area (Å²) in [4.78, 5) is 32.5. The molecular weight excluding hydrogens is 586 g/mol. The first kappa shape index (κ1) is 31.4. The Kier molecular flexibility index (Phi) is 8.95. The van der Waals surface area contributed by atoms with Crippen molar-refractivity contribution < 1.29 is 28.2 Å². The van der Waals surface area contributed by atoms with Gasteiger partial charge in [0.15, 0.2) is 0 Å². The fourth-order valence-corrected chi connectivity index (χ4v) is 6.81. The highest BCUT2D eigenvalue weighted by Crippen LogP contribution is 2.42. The molecule has 3 aromatic rings. The predicted octanol–water partition coefficient (Wildman–Crippen LogP) is 6.27. The Morgan fingerprint density at radius 3 is 2.45 bits per heavy atom. The third-order valence-corrected chi connectivity index (χ3v) is 9.14. The number of thiophene rings is 1. The smallest absolute Gasteiger partial charge is 0.410 e. The number of rotatable bonds is 5. The molecule has 0 bridgehead atoms. The van der Waals surface area contributed by atoms with Crippen molar-refractivity contribution >= 4 is 29.0 Å². The molecule has 1 aromatic heterocycles. The number of benzene rings is 2. The molecule has 3 heterocycles. The molecule has 2 aliphatic rings. The Hall–Kier alpha value is -4.01. The number of carbonyl (C=O) groups excluding carboxylic acids is 2. The summed E-state index contributed by atoms with van der Waals surface area (Å²) in [6, 6.07) is 12.3. The SMILES string of the molecule is CN(C(=O)OC(C)(C)C)[C@@H]1CCCN(C(=O)c2cc(-c3ccc(C#N)c(F)c3)c(-c3ccc(N4CC[C@H](O)C4)cc3F)s2)C1. The number of aliphatic hydroxyl groups is 1. The minimum atomic E-state index is -0.706. The molecule has 8 nitrogen and oxygen atoms in total. The van der Waals surface area contributed by atoms with E-state index in [-0.39, 0.29) is 23.1 Å². The van der Waals surface area contributed by atoms with Crippen LogP contribution in [0.1, 0.15) is 55.3 Å². The molecule has 2 fully saturated rings. The zero-order chi connectivity index (χ0) is 31.8. The highest BCUT2D eigenvalue weighted by Gasteiger charge is 2.32. The lowest BCUT2D eigenvalue weighted by Crippen LogP contribution is -2.51. The number of ether oxygens (including phenoxy) is 1. The number of nitriles is 1. The molecule has 11 heteroatoms. The van der Waals surface area contributed by atoms with Gasteiger partial charge in [-0.1, -0.05) is 6.07 Å². The summed E-state index contributed by atoms with van der Waals surface area (Å²) in [5, 5.41) is 19.1. The number of piperidine rings is 1. The third-order valence-electron chi connectivity index (χ3n) is 7.98. The Morgan fingerprint density at radius 1 is 1.05 bits per heavy atom. The van der Waals surface area contributed by atoms with E-state index in [9.17, 15) is 24.3 Å². The van der Waals surface area contributed by atoms with Crippen LogP contribution in [0.3, 0.4) is 0 Å². The maximum Gasteiger partial charge on any atom is 0.410 e. The number of β-amino-alcohol motifs (C(OH)–C–C–N with tert-alkyl or cyclic N) is 1. The van der Waals surface area contributed by atoms with Crippen molar-refractivity contribution in [1.82, 2.24) is 9.80 Å². The maximum absolute atomic E-state index is 15.7. The summed E-state index contributed by atoms with van der Waals surface area (Å²) in [6.45, 7) is 7.25. The summed E-state index contributed by atoms with van der Waals surface area (Å²) in [5.74, 6) is -1.47. The average Bonchev–Trinajstić information content (AvgIpc) is 3.62. The second-order valence-electron chi connectivity index (χ2n) is 12.4. The van der Waals surface area contributed by atoms with E-state index in [4.69, 9.17) is 4.74 Å². The van der Waals surface area contributed by atoms with E-state index < -0.39 is 29.4 Å².